The Labute approximate surface area is 116 Å². The lowest BCUT2D eigenvalue weighted by atomic mass is 9.94. The smallest absolute Gasteiger partial charge is 0.274 e. The van der Waals surface area contributed by atoms with Crippen LogP contribution in [0.25, 0.3) is 0 Å². The fourth-order valence-electron chi connectivity index (χ4n) is 1.74. The summed E-state index contributed by atoms with van der Waals surface area (Å²) >= 11 is 5.86. The van der Waals surface area contributed by atoms with Crippen LogP contribution >= 0.6 is 11.6 Å². The molecule has 0 aliphatic rings. The van der Waals surface area contributed by atoms with E-state index in [1.54, 1.807) is 25.4 Å². The Bertz CT molecular complexity index is 589. The molecule has 1 heterocycles. The number of hydrogen-bond donors (Lipinski definition) is 1. The van der Waals surface area contributed by atoms with Gasteiger partial charge in [-0.2, -0.15) is 0 Å². The summed E-state index contributed by atoms with van der Waals surface area (Å²) in [6, 6.07) is 7.37. The average molecular weight is 279 g/mol. The molecule has 2 rings (SSSR count). The molecular weight excluding hydrogens is 264 g/mol. The molecule has 0 aliphatic heterocycles. The number of carbonyl (C=O) groups excluding carboxylic acids is 1. The van der Waals surface area contributed by atoms with Gasteiger partial charge in [-0.05, 0) is 31.5 Å². The summed E-state index contributed by atoms with van der Waals surface area (Å²) in [6.07, 6.45) is 1.58. The Hall–Kier alpha value is -1.88. The SMILES string of the molecule is Cn1cc(C(=O)NC(C)(C)c2ccc(Cl)cc2)nn1. The van der Waals surface area contributed by atoms with Gasteiger partial charge in [-0.25, -0.2) is 0 Å². The predicted molar refractivity (Wildman–Crippen MR) is 72.9 cm³/mol. The van der Waals surface area contributed by atoms with E-state index in [2.05, 4.69) is 15.6 Å². The Morgan fingerprint density at radius 2 is 1.95 bits per heavy atom. The molecule has 0 aliphatic carbocycles. The minimum absolute atomic E-state index is 0.256. The van der Waals surface area contributed by atoms with E-state index in [-0.39, 0.29) is 5.91 Å². The van der Waals surface area contributed by atoms with E-state index in [0.29, 0.717) is 10.7 Å². The van der Waals surface area contributed by atoms with Crippen molar-refractivity contribution in [2.75, 3.05) is 0 Å². The first-order valence-corrected chi connectivity index (χ1v) is 6.21. The number of amides is 1. The van der Waals surface area contributed by atoms with Crippen molar-refractivity contribution in [1.82, 2.24) is 20.3 Å². The summed E-state index contributed by atoms with van der Waals surface area (Å²) < 4.78 is 1.49. The van der Waals surface area contributed by atoms with Crippen molar-refractivity contribution in [3.8, 4) is 0 Å². The van der Waals surface area contributed by atoms with Gasteiger partial charge in [0.2, 0.25) is 0 Å². The highest BCUT2D eigenvalue weighted by atomic mass is 35.5. The molecule has 2 aromatic rings. The molecule has 0 unspecified atom stereocenters. The first-order chi connectivity index (χ1) is 8.88. The van der Waals surface area contributed by atoms with E-state index in [0.717, 1.165) is 5.56 Å². The molecule has 1 N–H and O–H groups in total. The maximum Gasteiger partial charge on any atom is 0.274 e. The van der Waals surface area contributed by atoms with Gasteiger partial charge in [0.1, 0.15) is 0 Å². The molecule has 1 aromatic heterocycles. The first kappa shape index (κ1) is 13.5. The fraction of sp³-hybridized carbons (Fsp3) is 0.308. The monoisotopic (exact) mass is 278 g/mol. The Balaban J connectivity index is 2.17. The number of nitrogens with zero attached hydrogens (tertiary/aromatic N) is 3. The summed E-state index contributed by atoms with van der Waals surface area (Å²) in [4.78, 5) is 12.1. The highest BCUT2D eigenvalue weighted by Gasteiger charge is 2.24. The molecule has 0 radical (unpaired) electrons. The third kappa shape index (κ3) is 3.12. The van der Waals surface area contributed by atoms with Crippen LogP contribution < -0.4 is 5.32 Å². The fourth-order valence-corrected chi connectivity index (χ4v) is 1.86. The lowest BCUT2D eigenvalue weighted by Gasteiger charge is -2.26. The van der Waals surface area contributed by atoms with Gasteiger partial charge in [0.15, 0.2) is 5.69 Å². The lowest BCUT2D eigenvalue weighted by Crippen LogP contribution is -2.41. The maximum atomic E-state index is 12.1. The lowest BCUT2D eigenvalue weighted by molar-refractivity contribution is 0.0907. The molecular formula is C13H15ClN4O. The van der Waals surface area contributed by atoms with Crippen LogP contribution in [-0.2, 0) is 12.6 Å². The first-order valence-electron chi connectivity index (χ1n) is 5.83. The van der Waals surface area contributed by atoms with E-state index >= 15 is 0 Å². The van der Waals surface area contributed by atoms with Crippen LogP contribution in [0.4, 0.5) is 0 Å². The van der Waals surface area contributed by atoms with E-state index in [9.17, 15) is 4.79 Å². The molecule has 0 fully saturated rings. The van der Waals surface area contributed by atoms with Crippen molar-refractivity contribution in [1.29, 1.82) is 0 Å². The zero-order valence-electron chi connectivity index (χ0n) is 11.0. The summed E-state index contributed by atoms with van der Waals surface area (Å²) in [5, 5.41) is 11.1. The average Bonchev–Trinajstić information content (AvgIpc) is 2.76. The highest BCUT2D eigenvalue weighted by Crippen LogP contribution is 2.22. The van der Waals surface area contributed by atoms with Crippen LogP contribution in [0.3, 0.4) is 0 Å². The number of halogens is 1. The maximum absolute atomic E-state index is 12.1. The van der Waals surface area contributed by atoms with E-state index in [1.807, 2.05) is 26.0 Å². The van der Waals surface area contributed by atoms with E-state index in [1.165, 1.54) is 4.68 Å². The van der Waals surface area contributed by atoms with Crippen molar-refractivity contribution in [3.63, 3.8) is 0 Å². The number of carbonyl (C=O) groups is 1. The molecule has 100 valence electrons. The van der Waals surface area contributed by atoms with E-state index < -0.39 is 5.54 Å². The molecule has 5 nitrogen and oxygen atoms in total. The second kappa shape index (κ2) is 5.01. The number of nitrogens with one attached hydrogen (secondary N) is 1. The Morgan fingerprint density at radius 3 is 2.47 bits per heavy atom. The molecule has 0 saturated heterocycles. The summed E-state index contributed by atoms with van der Waals surface area (Å²) in [5.41, 5.74) is 0.748. The number of benzene rings is 1. The molecule has 1 amide bonds. The third-order valence-electron chi connectivity index (χ3n) is 2.83. The van der Waals surface area contributed by atoms with Crippen molar-refractivity contribution in [3.05, 3.63) is 46.7 Å². The Kier molecular flexibility index (Phi) is 3.57. The quantitative estimate of drug-likeness (QED) is 0.936. The van der Waals surface area contributed by atoms with E-state index in [4.69, 9.17) is 11.6 Å². The summed E-state index contributed by atoms with van der Waals surface area (Å²) in [6.45, 7) is 3.84. The second-order valence-corrected chi connectivity index (χ2v) is 5.30. The molecule has 19 heavy (non-hydrogen) atoms. The van der Waals surface area contributed by atoms with Crippen LogP contribution in [0.15, 0.2) is 30.5 Å². The number of aromatic nitrogens is 3. The van der Waals surface area contributed by atoms with Gasteiger partial charge in [0, 0.05) is 12.1 Å². The van der Waals surface area contributed by atoms with Crippen molar-refractivity contribution in [2.24, 2.45) is 7.05 Å². The van der Waals surface area contributed by atoms with Gasteiger partial charge in [-0.3, -0.25) is 9.48 Å². The largest absolute Gasteiger partial charge is 0.342 e. The summed E-state index contributed by atoms with van der Waals surface area (Å²) in [5.74, 6) is -0.256. The van der Waals surface area contributed by atoms with Crippen LogP contribution in [0, 0.1) is 0 Å². The van der Waals surface area contributed by atoms with Gasteiger partial charge in [0.25, 0.3) is 5.91 Å². The van der Waals surface area contributed by atoms with Crippen molar-refractivity contribution in [2.45, 2.75) is 19.4 Å². The molecule has 0 atom stereocenters. The minimum Gasteiger partial charge on any atom is -0.342 e. The van der Waals surface area contributed by atoms with Gasteiger partial charge in [0.05, 0.1) is 11.7 Å². The normalized spacial score (nSPS) is 11.4. The zero-order valence-corrected chi connectivity index (χ0v) is 11.8. The number of aryl methyl sites for hydroxylation is 1. The predicted octanol–water partition coefficient (Wildman–Crippen LogP) is 2.13. The zero-order chi connectivity index (χ0) is 14.0. The second-order valence-electron chi connectivity index (χ2n) is 4.86. The number of hydrogen-bond acceptors (Lipinski definition) is 3. The molecule has 6 heteroatoms. The van der Waals surface area contributed by atoms with Crippen LogP contribution in [0.2, 0.25) is 5.02 Å². The van der Waals surface area contributed by atoms with Gasteiger partial charge in [-0.1, -0.05) is 28.9 Å². The van der Waals surface area contributed by atoms with Crippen LogP contribution in [0.1, 0.15) is 29.9 Å². The third-order valence-corrected chi connectivity index (χ3v) is 3.08. The minimum atomic E-state index is -0.515. The van der Waals surface area contributed by atoms with Crippen LogP contribution in [-0.4, -0.2) is 20.9 Å². The van der Waals surface area contributed by atoms with Crippen molar-refractivity contribution >= 4 is 17.5 Å². The van der Waals surface area contributed by atoms with Crippen molar-refractivity contribution < 1.29 is 4.79 Å². The molecule has 0 saturated carbocycles. The summed E-state index contributed by atoms with van der Waals surface area (Å²) in [7, 11) is 1.72. The van der Waals surface area contributed by atoms with Gasteiger partial charge >= 0.3 is 0 Å². The Morgan fingerprint density at radius 1 is 1.32 bits per heavy atom. The van der Waals surface area contributed by atoms with Crippen LogP contribution in [0.5, 0.6) is 0 Å². The number of rotatable bonds is 3. The standard InChI is InChI=1S/C13H15ClN4O/c1-13(2,9-4-6-10(14)7-5-9)15-12(19)11-8-18(3)17-16-11/h4-8H,1-3H3,(H,15,19). The topological polar surface area (TPSA) is 59.8 Å². The molecule has 1 aromatic carbocycles. The molecule has 0 spiro atoms. The molecule has 0 bridgehead atoms. The van der Waals surface area contributed by atoms with Gasteiger partial charge in [-0.15, -0.1) is 5.10 Å². The highest BCUT2D eigenvalue weighted by molar-refractivity contribution is 6.30. The van der Waals surface area contributed by atoms with Gasteiger partial charge < -0.3 is 5.32 Å².